The number of nitrogens with zero attached hydrogens (tertiary/aromatic N) is 1. The third-order valence-corrected chi connectivity index (χ3v) is 4.27. The van der Waals surface area contributed by atoms with Crippen molar-refractivity contribution in [3.8, 4) is 5.75 Å². The molecule has 0 saturated carbocycles. The summed E-state index contributed by atoms with van der Waals surface area (Å²) >= 11 is 0. The topological polar surface area (TPSA) is 46.6 Å². The molecule has 0 spiro atoms. The highest BCUT2D eigenvalue weighted by Crippen LogP contribution is 2.27. The maximum atomic E-state index is 11.4. The first-order valence-electron chi connectivity index (χ1n) is 5.25. The van der Waals surface area contributed by atoms with Gasteiger partial charge in [0, 0.05) is 23.3 Å². The van der Waals surface area contributed by atoms with Crippen molar-refractivity contribution in [2.75, 3.05) is 13.7 Å². The van der Waals surface area contributed by atoms with Gasteiger partial charge in [0.05, 0.1) is 7.11 Å². The van der Waals surface area contributed by atoms with Gasteiger partial charge < -0.3 is 4.74 Å². The molecule has 96 valence electrons. The Morgan fingerprint density at radius 2 is 2.12 bits per heavy atom. The highest BCUT2D eigenvalue weighted by molar-refractivity contribution is 8.11. The van der Waals surface area contributed by atoms with E-state index in [1.807, 2.05) is 18.2 Å². The average molecular weight is 278 g/mol. The number of hydrogen-bond donors (Lipinski definition) is 0. The van der Waals surface area contributed by atoms with Crippen molar-refractivity contribution < 1.29 is 13.2 Å². The molecule has 1 atom stereocenters. The minimum Gasteiger partial charge on any atom is -0.497 e. The lowest BCUT2D eigenvalue weighted by atomic mass is 10.1. The van der Waals surface area contributed by atoms with Crippen LogP contribution in [0.2, 0.25) is 0 Å². The quantitative estimate of drug-likeness (QED) is 0.777. The van der Waals surface area contributed by atoms with Gasteiger partial charge in [-0.3, -0.25) is 0 Å². The number of hydrogen-bond acceptors (Lipinski definition) is 3. The van der Waals surface area contributed by atoms with Gasteiger partial charge in [0.15, 0.2) is 0 Å². The summed E-state index contributed by atoms with van der Waals surface area (Å²) in [5.74, 6) is 0.692. The zero-order valence-electron chi connectivity index (χ0n) is 10.1. The molecule has 0 bridgehead atoms. The van der Waals surface area contributed by atoms with E-state index in [-0.39, 0.29) is 6.04 Å². The maximum Gasteiger partial charge on any atom is 0.300 e. The zero-order valence-corrected chi connectivity index (χ0v) is 11.6. The molecule has 0 radical (unpaired) electrons. The van der Waals surface area contributed by atoms with Crippen LogP contribution in [0, 0.1) is 0 Å². The second kappa shape index (κ2) is 5.71. The van der Waals surface area contributed by atoms with E-state index >= 15 is 0 Å². The molecule has 17 heavy (non-hydrogen) atoms. The number of halogens is 1. The van der Waals surface area contributed by atoms with Gasteiger partial charge in [0.25, 0.3) is 9.24 Å². The fraction of sp³-hybridized carbons (Fsp3) is 0.455. The summed E-state index contributed by atoms with van der Waals surface area (Å²) in [6, 6.07) is 6.95. The van der Waals surface area contributed by atoms with E-state index in [4.69, 9.17) is 15.4 Å². The Kier molecular flexibility index (Phi) is 4.80. The van der Waals surface area contributed by atoms with Crippen LogP contribution < -0.4 is 4.74 Å². The van der Waals surface area contributed by atoms with Crippen LogP contribution in [0.25, 0.3) is 0 Å². The minimum atomic E-state index is -3.72. The van der Waals surface area contributed by atoms with E-state index in [1.54, 1.807) is 27.0 Å². The van der Waals surface area contributed by atoms with Gasteiger partial charge in [0.2, 0.25) is 0 Å². The highest BCUT2D eigenvalue weighted by Gasteiger charge is 2.24. The van der Waals surface area contributed by atoms with E-state index in [9.17, 15) is 8.42 Å². The van der Waals surface area contributed by atoms with Crippen molar-refractivity contribution >= 4 is 19.9 Å². The van der Waals surface area contributed by atoms with Crippen LogP contribution >= 0.6 is 10.7 Å². The van der Waals surface area contributed by atoms with Gasteiger partial charge in [-0.15, -0.1) is 0 Å². The average Bonchev–Trinajstić information content (AvgIpc) is 2.28. The molecule has 0 amide bonds. The van der Waals surface area contributed by atoms with Crippen LogP contribution in [0.1, 0.15) is 25.5 Å². The molecule has 0 N–H and O–H groups in total. The summed E-state index contributed by atoms with van der Waals surface area (Å²) in [6.07, 6.45) is 0. The van der Waals surface area contributed by atoms with Crippen LogP contribution in [0.5, 0.6) is 5.75 Å². The fourth-order valence-corrected chi connectivity index (χ4v) is 3.14. The third kappa shape index (κ3) is 3.59. The molecule has 0 aliphatic rings. The van der Waals surface area contributed by atoms with E-state index in [1.165, 1.54) is 4.31 Å². The normalized spacial score (nSPS) is 13.7. The SMILES string of the molecule is CCN(C(C)c1cccc(OC)c1)S(=O)(=O)Cl. The first kappa shape index (κ1) is 14.3. The summed E-state index contributed by atoms with van der Waals surface area (Å²) in [5.41, 5.74) is 0.843. The van der Waals surface area contributed by atoms with Crippen LogP contribution in [0.4, 0.5) is 0 Å². The number of rotatable bonds is 5. The Bertz CT molecular complexity index is 475. The summed E-state index contributed by atoms with van der Waals surface area (Å²) < 4.78 is 29.1. The number of ether oxygens (including phenoxy) is 1. The number of methoxy groups -OCH3 is 1. The van der Waals surface area contributed by atoms with Gasteiger partial charge in [-0.1, -0.05) is 19.1 Å². The monoisotopic (exact) mass is 277 g/mol. The molecule has 0 aromatic heterocycles. The molecule has 1 aromatic rings. The van der Waals surface area contributed by atoms with E-state index < -0.39 is 9.24 Å². The lowest BCUT2D eigenvalue weighted by molar-refractivity contribution is 0.362. The molecule has 0 fully saturated rings. The van der Waals surface area contributed by atoms with Gasteiger partial charge in [0.1, 0.15) is 5.75 Å². The molecule has 0 aliphatic carbocycles. The van der Waals surface area contributed by atoms with Gasteiger partial charge >= 0.3 is 0 Å². The van der Waals surface area contributed by atoms with Crippen molar-refractivity contribution in [1.82, 2.24) is 4.31 Å². The molecular weight excluding hydrogens is 262 g/mol. The summed E-state index contributed by atoms with van der Waals surface area (Å²) in [6.45, 7) is 3.86. The molecule has 0 heterocycles. The zero-order chi connectivity index (χ0) is 13.1. The van der Waals surface area contributed by atoms with Crippen LogP contribution in [-0.4, -0.2) is 26.4 Å². The molecular formula is C11H16ClNO3S. The summed E-state index contributed by atoms with van der Waals surface area (Å²) in [5, 5.41) is 0. The Balaban J connectivity index is 3.05. The number of benzene rings is 1. The Morgan fingerprint density at radius 3 is 2.59 bits per heavy atom. The Labute approximate surface area is 107 Å². The fourth-order valence-electron chi connectivity index (χ4n) is 1.68. The Morgan fingerprint density at radius 1 is 1.47 bits per heavy atom. The second-order valence-corrected chi connectivity index (χ2v) is 6.06. The van der Waals surface area contributed by atoms with Gasteiger partial charge in [-0.05, 0) is 24.6 Å². The third-order valence-electron chi connectivity index (χ3n) is 2.60. The molecule has 1 unspecified atom stereocenters. The molecule has 0 saturated heterocycles. The molecule has 6 heteroatoms. The first-order valence-corrected chi connectivity index (χ1v) is 7.52. The second-order valence-electron chi connectivity index (χ2n) is 3.60. The highest BCUT2D eigenvalue weighted by atomic mass is 35.7. The van der Waals surface area contributed by atoms with Crippen molar-refractivity contribution in [3.63, 3.8) is 0 Å². The standard InChI is InChI=1S/C11H16ClNO3S/c1-4-13(17(12,14)15)9(2)10-6-5-7-11(8-10)16-3/h5-9H,4H2,1-3H3. The van der Waals surface area contributed by atoms with Crippen LogP contribution in [0.3, 0.4) is 0 Å². The molecule has 1 rings (SSSR count). The van der Waals surface area contributed by atoms with Crippen molar-refractivity contribution in [2.24, 2.45) is 0 Å². The lowest BCUT2D eigenvalue weighted by Crippen LogP contribution is -2.29. The Hall–Kier alpha value is -0.780. The van der Waals surface area contributed by atoms with E-state index in [0.717, 1.165) is 5.56 Å². The maximum absolute atomic E-state index is 11.4. The van der Waals surface area contributed by atoms with Crippen molar-refractivity contribution in [2.45, 2.75) is 19.9 Å². The lowest BCUT2D eigenvalue weighted by Gasteiger charge is -2.24. The van der Waals surface area contributed by atoms with Crippen molar-refractivity contribution in [3.05, 3.63) is 29.8 Å². The van der Waals surface area contributed by atoms with E-state index in [0.29, 0.717) is 12.3 Å². The molecule has 4 nitrogen and oxygen atoms in total. The molecule has 0 aliphatic heterocycles. The minimum absolute atomic E-state index is 0.322. The largest absolute Gasteiger partial charge is 0.497 e. The first-order chi connectivity index (χ1) is 7.90. The predicted molar refractivity (Wildman–Crippen MR) is 68.6 cm³/mol. The molecule has 1 aromatic carbocycles. The van der Waals surface area contributed by atoms with Crippen molar-refractivity contribution in [1.29, 1.82) is 0 Å². The summed E-state index contributed by atoms with van der Waals surface area (Å²) in [7, 11) is 3.24. The van der Waals surface area contributed by atoms with Crippen LogP contribution in [-0.2, 0) is 9.24 Å². The summed E-state index contributed by atoms with van der Waals surface area (Å²) in [4.78, 5) is 0. The predicted octanol–water partition coefficient (Wildman–Crippen LogP) is 2.56. The smallest absolute Gasteiger partial charge is 0.300 e. The van der Waals surface area contributed by atoms with E-state index in [2.05, 4.69) is 0 Å². The van der Waals surface area contributed by atoms with Crippen LogP contribution in [0.15, 0.2) is 24.3 Å². The van der Waals surface area contributed by atoms with Gasteiger partial charge in [-0.25, -0.2) is 0 Å². The van der Waals surface area contributed by atoms with Gasteiger partial charge in [-0.2, -0.15) is 12.7 Å².